The normalized spacial score (nSPS) is 14.2. The maximum Gasteiger partial charge on any atom is 0.306 e. The summed E-state index contributed by atoms with van der Waals surface area (Å²) in [5.41, 5.74) is 0. The molecule has 0 radical (unpaired) electrons. The molecule has 51 heavy (non-hydrogen) atoms. The van der Waals surface area contributed by atoms with Crippen molar-refractivity contribution < 1.29 is 28.5 Å². The van der Waals surface area contributed by atoms with Gasteiger partial charge in [-0.25, -0.2) is 0 Å². The average Bonchev–Trinajstić information content (AvgIpc) is 3.66. The van der Waals surface area contributed by atoms with Gasteiger partial charge in [-0.3, -0.25) is 9.59 Å². The SMILES string of the molecule is CCCCCC/C=C\COC(=O)CCCCCCCCCC(CCCCCCCC(=O)OC/C=C\CCCCCC)OCOCCN1CCCC1. The van der Waals surface area contributed by atoms with Crippen molar-refractivity contribution in [3.63, 3.8) is 0 Å². The van der Waals surface area contributed by atoms with Crippen molar-refractivity contribution in [1.82, 2.24) is 4.90 Å². The van der Waals surface area contributed by atoms with Gasteiger partial charge in [0.15, 0.2) is 0 Å². The van der Waals surface area contributed by atoms with Crippen LogP contribution in [0.15, 0.2) is 24.3 Å². The van der Waals surface area contributed by atoms with Gasteiger partial charge in [-0.1, -0.05) is 141 Å². The molecule has 1 heterocycles. The van der Waals surface area contributed by atoms with Crippen LogP contribution in [0.2, 0.25) is 0 Å². The highest BCUT2D eigenvalue weighted by Gasteiger charge is 2.12. The molecule has 0 aromatic heterocycles. The lowest BCUT2D eigenvalue weighted by Gasteiger charge is -2.19. The van der Waals surface area contributed by atoms with Crippen molar-refractivity contribution in [2.24, 2.45) is 0 Å². The lowest BCUT2D eigenvalue weighted by Crippen LogP contribution is -2.25. The van der Waals surface area contributed by atoms with Crippen LogP contribution in [0, 0.1) is 0 Å². The molecule has 1 aliphatic rings. The molecule has 7 nitrogen and oxygen atoms in total. The number of likely N-dealkylation sites (tertiary alicyclic amines) is 1. The molecule has 7 heteroatoms. The Balaban J connectivity index is 2.10. The predicted octanol–water partition coefficient (Wildman–Crippen LogP) is 11.8. The van der Waals surface area contributed by atoms with Gasteiger partial charge in [0.05, 0.1) is 12.7 Å². The van der Waals surface area contributed by atoms with Gasteiger partial charge < -0.3 is 23.8 Å². The first-order valence-electron chi connectivity index (χ1n) is 21.7. The number of nitrogens with zero attached hydrogens (tertiary/aromatic N) is 1. The Labute approximate surface area is 315 Å². The molecule has 0 aromatic carbocycles. The van der Waals surface area contributed by atoms with E-state index < -0.39 is 0 Å². The molecule has 298 valence electrons. The Kier molecular flexibility index (Phi) is 35.3. The lowest BCUT2D eigenvalue weighted by atomic mass is 10.0. The summed E-state index contributed by atoms with van der Waals surface area (Å²) >= 11 is 0. The fourth-order valence-electron chi connectivity index (χ4n) is 6.59. The molecule has 0 aromatic rings. The summed E-state index contributed by atoms with van der Waals surface area (Å²) < 4.78 is 22.8. The van der Waals surface area contributed by atoms with Crippen molar-refractivity contribution in [2.45, 2.75) is 200 Å². The largest absolute Gasteiger partial charge is 0.461 e. The minimum Gasteiger partial charge on any atom is -0.461 e. The standard InChI is InChI=1S/C44H81NO6/c1-3-5-7-9-14-21-29-38-49-43(46)33-25-19-13-11-12-17-23-31-42(51-41-48-40-37-45-35-27-28-36-45)32-24-18-16-20-26-34-44(47)50-39-30-22-15-10-8-6-4-2/h21-22,29-30,42H,3-20,23-28,31-41H2,1-2H3/b29-21-,30-22-. The fourth-order valence-corrected chi connectivity index (χ4v) is 6.59. The molecule has 1 atom stereocenters. The summed E-state index contributed by atoms with van der Waals surface area (Å²) in [6.07, 6.45) is 40.2. The minimum atomic E-state index is -0.0734. The van der Waals surface area contributed by atoms with Crippen molar-refractivity contribution in [2.75, 3.05) is 46.2 Å². The van der Waals surface area contributed by atoms with Gasteiger partial charge in [0.25, 0.3) is 0 Å². The van der Waals surface area contributed by atoms with Gasteiger partial charge in [0, 0.05) is 19.4 Å². The number of hydrogen-bond acceptors (Lipinski definition) is 7. The molecule has 0 spiro atoms. The van der Waals surface area contributed by atoms with Gasteiger partial charge >= 0.3 is 11.9 Å². The van der Waals surface area contributed by atoms with E-state index in [9.17, 15) is 9.59 Å². The van der Waals surface area contributed by atoms with Crippen LogP contribution in [-0.2, 0) is 28.5 Å². The average molecular weight is 720 g/mol. The quantitative estimate of drug-likeness (QED) is 0.0272. The first-order chi connectivity index (χ1) is 25.2. The number of ether oxygens (including phenoxy) is 4. The summed E-state index contributed by atoms with van der Waals surface area (Å²) in [6.45, 7) is 9.83. The third-order valence-corrected chi connectivity index (χ3v) is 9.91. The van der Waals surface area contributed by atoms with E-state index in [0.717, 1.165) is 77.4 Å². The molecule has 1 unspecified atom stereocenters. The fraction of sp³-hybridized carbons (Fsp3) is 0.864. The zero-order chi connectivity index (χ0) is 36.7. The van der Waals surface area contributed by atoms with E-state index in [1.807, 2.05) is 12.2 Å². The summed E-state index contributed by atoms with van der Waals surface area (Å²) in [4.78, 5) is 26.5. The summed E-state index contributed by atoms with van der Waals surface area (Å²) in [7, 11) is 0. The van der Waals surface area contributed by atoms with Crippen LogP contribution in [0.4, 0.5) is 0 Å². The Morgan fingerprint density at radius 2 is 1.02 bits per heavy atom. The van der Waals surface area contributed by atoms with Crippen molar-refractivity contribution in [1.29, 1.82) is 0 Å². The van der Waals surface area contributed by atoms with E-state index >= 15 is 0 Å². The minimum absolute atomic E-state index is 0.0661. The number of esters is 2. The highest BCUT2D eigenvalue weighted by Crippen LogP contribution is 2.18. The Bertz CT molecular complexity index is 824. The second kappa shape index (κ2) is 38.0. The van der Waals surface area contributed by atoms with Crippen molar-refractivity contribution in [3.05, 3.63) is 24.3 Å². The number of carbonyl (C=O) groups is 2. The number of rotatable bonds is 38. The topological polar surface area (TPSA) is 74.3 Å². The van der Waals surface area contributed by atoms with E-state index in [1.165, 1.54) is 116 Å². The molecule has 0 amide bonds. The number of hydrogen-bond donors (Lipinski definition) is 0. The van der Waals surface area contributed by atoms with Crippen LogP contribution < -0.4 is 0 Å². The van der Waals surface area contributed by atoms with E-state index in [2.05, 4.69) is 30.9 Å². The maximum atomic E-state index is 12.0. The molecule has 1 rings (SSSR count). The molecule has 1 aliphatic heterocycles. The molecule has 0 N–H and O–H groups in total. The highest BCUT2D eigenvalue weighted by atomic mass is 16.7. The Hall–Kier alpha value is -1.70. The van der Waals surface area contributed by atoms with Crippen LogP contribution in [-0.4, -0.2) is 69.2 Å². The van der Waals surface area contributed by atoms with E-state index in [0.29, 0.717) is 32.8 Å². The number of carbonyl (C=O) groups excluding carboxylic acids is 2. The van der Waals surface area contributed by atoms with Crippen LogP contribution in [0.3, 0.4) is 0 Å². The Morgan fingerprint density at radius 1 is 0.569 bits per heavy atom. The van der Waals surface area contributed by atoms with Gasteiger partial charge in [-0.2, -0.15) is 0 Å². The van der Waals surface area contributed by atoms with Crippen molar-refractivity contribution >= 4 is 11.9 Å². The summed E-state index contributed by atoms with van der Waals surface area (Å²) in [6, 6.07) is 0. The molecule has 0 saturated carbocycles. The van der Waals surface area contributed by atoms with E-state index in [4.69, 9.17) is 18.9 Å². The monoisotopic (exact) mass is 720 g/mol. The number of unbranched alkanes of at least 4 members (excludes halogenated alkanes) is 18. The van der Waals surface area contributed by atoms with Crippen LogP contribution in [0.1, 0.15) is 194 Å². The van der Waals surface area contributed by atoms with Gasteiger partial charge in [0.1, 0.15) is 20.0 Å². The molecule has 1 saturated heterocycles. The summed E-state index contributed by atoms with van der Waals surface area (Å²) in [5.74, 6) is -0.139. The first kappa shape index (κ1) is 47.3. The predicted molar refractivity (Wildman–Crippen MR) is 213 cm³/mol. The third kappa shape index (κ3) is 33.9. The van der Waals surface area contributed by atoms with Crippen LogP contribution in [0.25, 0.3) is 0 Å². The zero-order valence-electron chi connectivity index (χ0n) is 33.5. The first-order valence-corrected chi connectivity index (χ1v) is 21.7. The highest BCUT2D eigenvalue weighted by molar-refractivity contribution is 5.69. The second-order valence-corrected chi connectivity index (χ2v) is 14.7. The van der Waals surface area contributed by atoms with E-state index in [1.54, 1.807) is 0 Å². The second-order valence-electron chi connectivity index (χ2n) is 14.7. The van der Waals surface area contributed by atoms with Crippen LogP contribution >= 0.6 is 0 Å². The number of allylic oxidation sites excluding steroid dienone is 2. The Morgan fingerprint density at radius 3 is 1.51 bits per heavy atom. The smallest absolute Gasteiger partial charge is 0.306 e. The van der Waals surface area contributed by atoms with Gasteiger partial charge in [-0.15, -0.1) is 0 Å². The van der Waals surface area contributed by atoms with Crippen LogP contribution in [0.5, 0.6) is 0 Å². The molecule has 1 fully saturated rings. The third-order valence-electron chi connectivity index (χ3n) is 9.91. The summed E-state index contributed by atoms with van der Waals surface area (Å²) in [5, 5.41) is 0. The van der Waals surface area contributed by atoms with Crippen molar-refractivity contribution in [3.8, 4) is 0 Å². The molecule has 0 bridgehead atoms. The molecular formula is C44H81NO6. The zero-order valence-corrected chi connectivity index (χ0v) is 33.5. The lowest BCUT2D eigenvalue weighted by molar-refractivity contribution is -0.143. The van der Waals surface area contributed by atoms with E-state index in [-0.39, 0.29) is 18.0 Å². The molecule has 0 aliphatic carbocycles. The molecular weight excluding hydrogens is 638 g/mol. The van der Waals surface area contributed by atoms with Gasteiger partial charge in [0.2, 0.25) is 0 Å². The maximum absolute atomic E-state index is 12.0. The van der Waals surface area contributed by atoms with Gasteiger partial charge in [-0.05, 0) is 77.3 Å².